The summed E-state index contributed by atoms with van der Waals surface area (Å²) < 4.78 is 10.8. The molecule has 7 nitrogen and oxygen atoms in total. The number of rotatable bonds is 4. The van der Waals surface area contributed by atoms with E-state index in [0.717, 1.165) is 44.2 Å². The number of carbonyl (C=O) groups is 2. The van der Waals surface area contributed by atoms with Crippen LogP contribution in [0.2, 0.25) is 0 Å². The summed E-state index contributed by atoms with van der Waals surface area (Å²) >= 11 is 0. The molecule has 134 valence electrons. The first-order valence-electron chi connectivity index (χ1n) is 9.06. The van der Waals surface area contributed by atoms with E-state index in [2.05, 4.69) is 12.1 Å². The second kappa shape index (κ2) is 6.65. The van der Waals surface area contributed by atoms with Crippen molar-refractivity contribution in [2.75, 3.05) is 39.5 Å². The van der Waals surface area contributed by atoms with Crippen molar-refractivity contribution < 1.29 is 28.9 Å². The van der Waals surface area contributed by atoms with Crippen molar-refractivity contribution in [1.82, 2.24) is 4.90 Å². The van der Waals surface area contributed by atoms with Gasteiger partial charge in [0, 0.05) is 12.1 Å². The second-order valence-electron chi connectivity index (χ2n) is 7.01. The maximum absolute atomic E-state index is 12.4. The number of nitrogens with zero attached hydrogens (tertiary/aromatic N) is 1. The lowest BCUT2D eigenvalue weighted by molar-refractivity contribution is -1.02. The van der Waals surface area contributed by atoms with E-state index in [0.29, 0.717) is 19.8 Å². The Morgan fingerprint density at radius 1 is 1.12 bits per heavy atom. The molecule has 2 amide bonds. The Hall–Kier alpha value is -2.12. The Morgan fingerprint density at radius 2 is 1.88 bits per heavy atom. The van der Waals surface area contributed by atoms with Gasteiger partial charge < -0.3 is 19.3 Å². The number of hydrogen-bond donors (Lipinski definition) is 2. The van der Waals surface area contributed by atoms with E-state index in [1.807, 2.05) is 13.0 Å². The maximum atomic E-state index is 12.4. The summed E-state index contributed by atoms with van der Waals surface area (Å²) in [4.78, 5) is 28.5. The number of amides is 2. The molecule has 25 heavy (non-hydrogen) atoms. The van der Waals surface area contributed by atoms with E-state index < -0.39 is 0 Å². The molecule has 1 atom stereocenters. The number of ether oxygens (including phenoxy) is 2. The molecule has 0 bridgehead atoms. The van der Waals surface area contributed by atoms with Crippen LogP contribution in [-0.2, 0) is 16.1 Å². The first-order chi connectivity index (χ1) is 12.2. The van der Waals surface area contributed by atoms with Crippen molar-refractivity contribution in [3.63, 3.8) is 0 Å². The molecular formula is C18H25N3O4+2. The van der Waals surface area contributed by atoms with Crippen LogP contribution < -0.4 is 19.3 Å². The third-order valence-electron chi connectivity index (χ3n) is 5.54. The molecule has 0 saturated carbocycles. The second-order valence-corrected chi connectivity index (χ2v) is 7.01. The van der Waals surface area contributed by atoms with E-state index in [-0.39, 0.29) is 17.9 Å². The Kier molecular flexibility index (Phi) is 4.35. The van der Waals surface area contributed by atoms with Crippen LogP contribution in [0.3, 0.4) is 0 Å². The first-order valence-corrected chi connectivity index (χ1v) is 9.06. The van der Waals surface area contributed by atoms with Crippen molar-refractivity contribution in [3.8, 4) is 11.5 Å². The number of imide groups is 1. The average Bonchev–Trinajstić information content (AvgIpc) is 3.19. The SMILES string of the molecule is CCN1C(=O)C[C@@H]([NH+]2CC[NH+](Cc3ccc4c(c3)OCO4)CC2)C1=O. The topological polar surface area (TPSA) is 64.7 Å². The van der Waals surface area contributed by atoms with Crippen LogP contribution in [0.1, 0.15) is 18.9 Å². The molecule has 0 aliphatic carbocycles. The Morgan fingerprint density at radius 3 is 2.60 bits per heavy atom. The van der Waals surface area contributed by atoms with E-state index in [1.165, 1.54) is 20.3 Å². The van der Waals surface area contributed by atoms with Crippen molar-refractivity contribution in [3.05, 3.63) is 23.8 Å². The van der Waals surface area contributed by atoms with Crippen molar-refractivity contribution in [1.29, 1.82) is 0 Å². The third kappa shape index (κ3) is 3.09. The summed E-state index contributed by atoms with van der Waals surface area (Å²) in [5.74, 6) is 1.65. The summed E-state index contributed by atoms with van der Waals surface area (Å²) in [6.45, 7) is 7.48. The zero-order valence-electron chi connectivity index (χ0n) is 14.5. The number of nitrogens with one attached hydrogen (secondary N) is 2. The van der Waals surface area contributed by atoms with Gasteiger partial charge in [-0.1, -0.05) is 0 Å². The molecule has 1 aromatic carbocycles. The van der Waals surface area contributed by atoms with Crippen LogP contribution in [0.5, 0.6) is 11.5 Å². The Bertz CT molecular complexity index is 685. The molecule has 2 saturated heterocycles. The maximum Gasteiger partial charge on any atom is 0.288 e. The van der Waals surface area contributed by atoms with Crippen molar-refractivity contribution in [2.45, 2.75) is 25.9 Å². The van der Waals surface area contributed by atoms with Crippen LogP contribution >= 0.6 is 0 Å². The fourth-order valence-corrected chi connectivity index (χ4v) is 4.12. The summed E-state index contributed by atoms with van der Waals surface area (Å²) in [6.07, 6.45) is 0.375. The Balaban J connectivity index is 1.33. The molecule has 2 fully saturated rings. The van der Waals surface area contributed by atoms with Gasteiger partial charge in [-0.2, -0.15) is 0 Å². The fourth-order valence-electron chi connectivity index (χ4n) is 4.12. The van der Waals surface area contributed by atoms with Crippen molar-refractivity contribution >= 4 is 11.8 Å². The number of likely N-dealkylation sites (N-methyl/N-ethyl adjacent to an activating group) is 1. The van der Waals surface area contributed by atoms with Crippen LogP contribution in [0, 0.1) is 0 Å². The molecule has 1 aromatic rings. The Labute approximate surface area is 147 Å². The number of benzene rings is 1. The molecule has 3 aliphatic rings. The fraction of sp³-hybridized carbons (Fsp3) is 0.556. The zero-order chi connectivity index (χ0) is 17.4. The van der Waals surface area contributed by atoms with Crippen LogP contribution in [0.15, 0.2) is 18.2 Å². The van der Waals surface area contributed by atoms with Gasteiger partial charge in [-0.3, -0.25) is 14.5 Å². The number of carbonyl (C=O) groups excluding carboxylic acids is 2. The monoisotopic (exact) mass is 347 g/mol. The van der Waals surface area contributed by atoms with E-state index >= 15 is 0 Å². The largest absolute Gasteiger partial charge is 0.454 e. The van der Waals surface area contributed by atoms with E-state index in [4.69, 9.17) is 9.47 Å². The quantitative estimate of drug-likeness (QED) is 0.610. The van der Waals surface area contributed by atoms with E-state index in [9.17, 15) is 9.59 Å². The minimum absolute atomic E-state index is 0.0138. The molecule has 7 heteroatoms. The number of fused-ring (bicyclic) bond motifs is 1. The predicted octanol–water partition coefficient (Wildman–Crippen LogP) is -2.15. The first kappa shape index (κ1) is 16.4. The molecule has 0 unspecified atom stereocenters. The summed E-state index contributed by atoms with van der Waals surface area (Å²) in [6, 6.07) is 5.96. The molecule has 0 spiro atoms. The third-order valence-corrected chi connectivity index (χ3v) is 5.54. The van der Waals surface area contributed by atoms with Crippen LogP contribution in [-0.4, -0.2) is 62.3 Å². The lowest BCUT2D eigenvalue weighted by atomic mass is 10.1. The molecule has 3 aliphatic heterocycles. The molecule has 0 radical (unpaired) electrons. The minimum Gasteiger partial charge on any atom is -0.454 e. The smallest absolute Gasteiger partial charge is 0.288 e. The van der Waals surface area contributed by atoms with Gasteiger partial charge in [-0.05, 0) is 25.1 Å². The summed E-state index contributed by atoms with van der Waals surface area (Å²) in [7, 11) is 0. The lowest BCUT2D eigenvalue weighted by Crippen LogP contribution is -3.29. The van der Waals surface area contributed by atoms with Crippen molar-refractivity contribution in [2.24, 2.45) is 0 Å². The molecule has 3 heterocycles. The van der Waals surface area contributed by atoms with Gasteiger partial charge in [0.05, 0.1) is 6.42 Å². The standard InChI is InChI=1S/C18H23N3O4/c1-2-21-17(22)10-14(18(21)23)20-7-5-19(6-8-20)11-13-3-4-15-16(9-13)25-12-24-15/h3-4,9,14H,2,5-8,10-12H2,1H3/p+2/t14-/m1/s1. The predicted molar refractivity (Wildman–Crippen MR) is 88.5 cm³/mol. The number of likely N-dealkylation sites (tertiary alicyclic amines) is 1. The van der Waals surface area contributed by atoms with Gasteiger partial charge in [0.1, 0.15) is 32.7 Å². The van der Waals surface area contributed by atoms with Gasteiger partial charge in [-0.15, -0.1) is 0 Å². The van der Waals surface area contributed by atoms with Gasteiger partial charge in [0.15, 0.2) is 17.5 Å². The molecule has 2 N–H and O–H groups in total. The highest BCUT2D eigenvalue weighted by atomic mass is 16.7. The van der Waals surface area contributed by atoms with E-state index in [1.54, 1.807) is 0 Å². The van der Waals surface area contributed by atoms with Crippen LogP contribution in [0.25, 0.3) is 0 Å². The number of hydrogen-bond acceptors (Lipinski definition) is 4. The normalized spacial score (nSPS) is 28.7. The average molecular weight is 347 g/mol. The highest BCUT2D eigenvalue weighted by Crippen LogP contribution is 2.32. The molecular weight excluding hydrogens is 322 g/mol. The van der Waals surface area contributed by atoms with Gasteiger partial charge >= 0.3 is 0 Å². The zero-order valence-corrected chi connectivity index (χ0v) is 14.5. The number of piperazine rings is 1. The highest BCUT2D eigenvalue weighted by Gasteiger charge is 2.45. The van der Waals surface area contributed by atoms with Gasteiger partial charge in [-0.25, -0.2) is 0 Å². The van der Waals surface area contributed by atoms with Gasteiger partial charge in [0.2, 0.25) is 12.7 Å². The van der Waals surface area contributed by atoms with Gasteiger partial charge in [0.25, 0.3) is 5.91 Å². The highest BCUT2D eigenvalue weighted by molar-refractivity contribution is 6.04. The van der Waals surface area contributed by atoms with Crippen LogP contribution in [0.4, 0.5) is 0 Å². The minimum atomic E-state index is -0.167. The molecule has 0 aromatic heterocycles. The summed E-state index contributed by atoms with van der Waals surface area (Å²) in [5, 5.41) is 0. The lowest BCUT2D eigenvalue weighted by Gasteiger charge is -2.32. The number of quaternary nitrogens is 2. The summed E-state index contributed by atoms with van der Waals surface area (Å²) in [5.41, 5.74) is 1.24. The molecule has 4 rings (SSSR count).